The van der Waals surface area contributed by atoms with Gasteiger partial charge in [-0.3, -0.25) is 4.79 Å². The maximum absolute atomic E-state index is 11.7. The fraction of sp³-hybridized carbons (Fsp3) is 0.316. The molecule has 0 radical (unpaired) electrons. The first-order valence-corrected chi connectivity index (χ1v) is 7.50. The minimum atomic E-state index is 0.0657. The van der Waals surface area contributed by atoms with Crippen molar-refractivity contribution < 1.29 is 23.7 Å². The summed E-state index contributed by atoms with van der Waals surface area (Å²) in [6.45, 7) is 1.56. The number of hydrogen-bond acceptors (Lipinski definition) is 5. The summed E-state index contributed by atoms with van der Waals surface area (Å²) in [6.07, 6.45) is 0.296. The lowest BCUT2D eigenvalue weighted by atomic mass is 9.95. The van der Waals surface area contributed by atoms with Crippen molar-refractivity contribution in [1.29, 1.82) is 0 Å². The number of ether oxygens (including phenoxy) is 4. The molecule has 0 aliphatic rings. The molecule has 0 heterocycles. The van der Waals surface area contributed by atoms with E-state index in [2.05, 4.69) is 0 Å². The third kappa shape index (κ3) is 3.62. The van der Waals surface area contributed by atoms with Crippen molar-refractivity contribution in [1.82, 2.24) is 0 Å². The lowest BCUT2D eigenvalue weighted by molar-refractivity contribution is -0.116. The molecule has 0 fully saturated rings. The van der Waals surface area contributed by atoms with Crippen LogP contribution in [0.4, 0.5) is 0 Å². The fourth-order valence-corrected chi connectivity index (χ4v) is 2.61. The SMILES string of the molecule is COc1ccc(-c2cc(OC)c(OC)cc2CC(C)=O)c(OC)c1. The lowest BCUT2D eigenvalue weighted by Crippen LogP contribution is -2.02. The van der Waals surface area contributed by atoms with Crippen molar-refractivity contribution in [3.63, 3.8) is 0 Å². The Morgan fingerprint density at radius 3 is 1.96 bits per heavy atom. The first kappa shape index (κ1) is 17.7. The van der Waals surface area contributed by atoms with E-state index in [9.17, 15) is 4.79 Å². The molecule has 0 aliphatic heterocycles. The third-order valence-electron chi connectivity index (χ3n) is 3.75. The topological polar surface area (TPSA) is 54.0 Å². The van der Waals surface area contributed by atoms with Crippen LogP contribution < -0.4 is 18.9 Å². The van der Waals surface area contributed by atoms with Gasteiger partial charge in [-0.05, 0) is 42.3 Å². The van der Waals surface area contributed by atoms with Crippen LogP contribution in [0.25, 0.3) is 11.1 Å². The quantitative estimate of drug-likeness (QED) is 0.777. The summed E-state index contributed by atoms with van der Waals surface area (Å²) < 4.78 is 21.5. The third-order valence-corrected chi connectivity index (χ3v) is 3.75. The van der Waals surface area contributed by atoms with Gasteiger partial charge >= 0.3 is 0 Å². The van der Waals surface area contributed by atoms with Crippen LogP contribution in [0.5, 0.6) is 23.0 Å². The van der Waals surface area contributed by atoms with Crippen molar-refractivity contribution in [2.45, 2.75) is 13.3 Å². The van der Waals surface area contributed by atoms with Crippen LogP contribution in [0.15, 0.2) is 30.3 Å². The van der Waals surface area contributed by atoms with Gasteiger partial charge in [0.05, 0.1) is 28.4 Å². The van der Waals surface area contributed by atoms with E-state index in [4.69, 9.17) is 18.9 Å². The molecule has 2 rings (SSSR count). The molecule has 0 saturated heterocycles. The Balaban J connectivity index is 2.69. The predicted molar refractivity (Wildman–Crippen MR) is 92.5 cm³/mol. The molecular weight excluding hydrogens is 308 g/mol. The van der Waals surface area contributed by atoms with E-state index in [1.165, 1.54) is 0 Å². The minimum absolute atomic E-state index is 0.0657. The molecule has 0 saturated carbocycles. The molecule has 0 bridgehead atoms. The second kappa shape index (κ2) is 7.73. The predicted octanol–water partition coefficient (Wildman–Crippen LogP) is 3.52. The largest absolute Gasteiger partial charge is 0.497 e. The van der Waals surface area contributed by atoms with Crippen molar-refractivity contribution in [2.24, 2.45) is 0 Å². The number of carbonyl (C=O) groups excluding carboxylic acids is 1. The molecule has 0 aromatic heterocycles. The number of methoxy groups -OCH3 is 4. The van der Waals surface area contributed by atoms with Gasteiger partial charge in [0.2, 0.25) is 0 Å². The minimum Gasteiger partial charge on any atom is -0.497 e. The number of ketones is 1. The van der Waals surface area contributed by atoms with Gasteiger partial charge in [-0.25, -0.2) is 0 Å². The monoisotopic (exact) mass is 330 g/mol. The molecule has 128 valence electrons. The summed E-state index contributed by atoms with van der Waals surface area (Å²) in [7, 11) is 6.36. The number of Topliss-reactive ketones (excluding diaryl/α,β-unsaturated/α-hetero) is 1. The van der Waals surface area contributed by atoms with Crippen LogP contribution in [0, 0.1) is 0 Å². The zero-order valence-electron chi connectivity index (χ0n) is 14.6. The Morgan fingerprint density at radius 1 is 0.792 bits per heavy atom. The van der Waals surface area contributed by atoms with Gasteiger partial charge < -0.3 is 18.9 Å². The molecule has 2 aromatic carbocycles. The zero-order chi connectivity index (χ0) is 17.7. The van der Waals surface area contributed by atoms with Gasteiger partial charge in [0.25, 0.3) is 0 Å². The molecule has 0 aliphatic carbocycles. The summed E-state index contributed by atoms with van der Waals surface area (Å²) >= 11 is 0. The van der Waals surface area contributed by atoms with Crippen LogP contribution in [0.1, 0.15) is 12.5 Å². The van der Waals surface area contributed by atoms with Gasteiger partial charge in [-0.15, -0.1) is 0 Å². The highest BCUT2D eigenvalue weighted by atomic mass is 16.5. The number of rotatable bonds is 7. The highest BCUT2D eigenvalue weighted by Gasteiger charge is 2.17. The van der Waals surface area contributed by atoms with Crippen molar-refractivity contribution in [3.8, 4) is 34.1 Å². The maximum atomic E-state index is 11.7. The molecule has 24 heavy (non-hydrogen) atoms. The van der Waals surface area contributed by atoms with Gasteiger partial charge in [0.15, 0.2) is 11.5 Å². The first-order valence-electron chi connectivity index (χ1n) is 7.50. The Labute approximate surface area is 142 Å². The van der Waals surface area contributed by atoms with Crippen LogP contribution >= 0.6 is 0 Å². The smallest absolute Gasteiger partial charge is 0.161 e. The Kier molecular flexibility index (Phi) is 5.68. The average Bonchev–Trinajstić information content (AvgIpc) is 2.60. The highest BCUT2D eigenvalue weighted by molar-refractivity contribution is 5.84. The van der Waals surface area contributed by atoms with E-state index in [1.54, 1.807) is 35.4 Å². The number of hydrogen-bond donors (Lipinski definition) is 0. The first-order chi connectivity index (χ1) is 11.5. The van der Waals surface area contributed by atoms with E-state index in [1.807, 2.05) is 30.3 Å². The summed E-state index contributed by atoms with van der Waals surface area (Å²) in [6, 6.07) is 9.26. The molecule has 0 unspecified atom stereocenters. The maximum Gasteiger partial charge on any atom is 0.161 e. The van der Waals surface area contributed by atoms with Crippen molar-refractivity contribution >= 4 is 5.78 Å². The van der Waals surface area contributed by atoms with Crippen molar-refractivity contribution in [3.05, 3.63) is 35.9 Å². The van der Waals surface area contributed by atoms with Gasteiger partial charge in [-0.2, -0.15) is 0 Å². The molecule has 5 heteroatoms. The molecule has 0 N–H and O–H groups in total. The number of benzene rings is 2. The molecular formula is C19H22O5. The van der Waals surface area contributed by atoms with Crippen LogP contribution in [-0.4, -0.2) is 34.2 Å². The number of carbonyl (C=O) groups is 1. The van der Waals surface area contributed by atoms with E-state index >= 15 is 0 Å². The Morgan fingerprint density at radius 2 is 1.42 bits per heavy atom. The summed E-state index contributed by atoms with van der Waals surface area (Å²) in [5.74, 6) is 2.61. The summed E-state index contributed by atoms with van der Waals surface area (Å²) in [5, 5.41) is 0. The van der Waals surface area contributed by atoms with E-state index in [0.717, 1.165) is 16.7 Å². The molecule has 0 spiro atoms. The Hall–Kier alpha value is -2.69. The van der Waals surface area contributed by atoms with Crippen LogP contribution in [0.2, 0.25) is 0 Å². The molecule has 0 amide bonds. The molecule has 2 aromatic rings. The highest BCUT2D eigenvalue weighted by Crippen LogP contribution is 2.40. The van der Waals surface area contributed by atoms with E-state index in [-0.39, 0.29) is 5.78 Å². The van der Waals surface area contributed by atoms with Gasteiger partial charge in [-0.1, -0.05) is 0 Å². The average molecular weight is 330 g/mol. The zero-order valence-corrected chi connectivity index (χ0v) is 14.6. The second-order valence-corrected chi connectivity index (χ2v) is 5.31. The van der Waals surface area contributed by atoms with Crippen molar-refractivity contribution in [2.75, 3.05) is 28.4 Å². The van der Waals surface area contributed by atoms with Crippen LogP contribution in [0.3, 0.4) is 0 Å². The molecule has 5 nitrogen and oxygen atoms in total. The summed E-state index contributed by atoms with van der Waals surface area (Å²) in [5.41, 5.74) is 2.57. The summed E-state index contributed by atoms with van der Waals surface area (Å²) in [4.78, 5) is 11.7. The fourth-order valence-electron chi connectivity index (χ4n) is 2.61. The van der Waals surface area contributed by atoms with E-state index < -0.39 is 0 Å². The Bertz CT molecular complexity index is 737. The standard InChI is InChI=1S/C19H22O5/c1-12(20)8-13-9-18(23-4)19(24-5)11-16(13)15-7-6-14(21-2)10-17(15)22-3/h6-7,9-11H,8H2,1-5H3. The van der Waals surface area contributed by atoms with Gasteiger partial charge in [0.1, 0.15) is 17.3 Å². The molecule has 0 atom stereocenters. The van der Waals surface area contributed by atoms with Crippen LogP contribution in [-0.2, 0) is 11.2 Å². The lowest BCUT2D eigenvalue weighted by Gasteiger charge is -2.17. The normalized spacial score (nSPS) is 10.2. The van der Waals surface area contributed by atoms with Gasteiger partial charge in [0, 0.05) is 18.1 Å². The second-order valence-electron chi connectivity index (χ2n) is 5.31. The van der Waals surface area contributed by atoms with E-state index in [0.29, 0.717) is 29.4 Å².